The molecular weight excluding hydrogens is 467 g/mol. The highest BCUT2D eigenvalue weighted by atomic mass is 32.1. The maximum absolute atomic E-state index is 13.7. The van der Waals surface area contributed by atoms with E-state index < -0.39 is 46.7 Å². The monoisotopic (exact) mass is 479 g/mol. The molecule has 170 valence electrons. The van der Waals surface area contributed by atoms with Gasteiger partial charge in [0.25, 0.3) is 0 Å². The SMILES string of the molecule is Cc1nc(N(C)C(=O)Oc2c(-c3nccs3)cc(C(F)(F)F)cc2C(F)(F)F)ccc1F. The van der Waals surface area contributed by atoms with Gasteiger partial charge in [0.15, 0.2) is 5.75 Å². The van der Waals surface area contributed by atoms with Crippen LogP contribution in [0.15, 0.2) is 35.8 Å². The summed E-state index contributed by atoms with van der Waals surface area (Å²) in [6, 6.07) is 2.36. The lowest BCUT2D eigenvalue weighted by Gasteiger charge is -2.21. The van der Waals surface area contributed by atoms with Gasteiger partial charge in [-0.2, -0.15) is 26.3 Å². The standard InChI is InChI=1S/C19H12F7N3O2S/c1-9-13(20)3-4-14(28-9)29(2)17(30)31-15-11(16-27-5-6-32-16)7-10(18(21,22)23)8-12(15)19(24,25)26/h3-8H,1-2H3. The molecule has 0 aliphatic heterocycles. The summed E-state index contributed by atoms with van der Waals surface area (Å²) < 4.78 is 99.1. The first-order valence-corrected chi connectivity index (χ1v) is 9.48. The van der Waals surface area contributed by atoms with Crippen molar-refractivity contribution in [3.8, 4) is 16.3 Å². The molecule has 0 radical (unpaired) electrons. The van der Waals surface area contributed by atoms with E-state index in [1.807, 2.05) is 0 Å². The summed E-state index contributed by atoms with van der Waals surface area (Å²) in [5.74, 6) is -1.97. The number of aromatic nitrogens is 2. The number of halogens is 7. The van der Waals surface area contributed by atoms with Gasteiger partial charge in [0.05, 0.1) is 22.4 Å². The van der Waals surface area contributed by atoms with Crippen LogP contribution in [0.1, 0.15) is 16.8 Å². The van der Waals surface area contributed by atoms with E-state index in [4.69, 9.17) is 4.74 Å². The molecule has 0 atom stereocenters. The zero-order valence-electron chi connectivity index (χ0n) is 16.2. The van der Waals surface area contributed by atoms with Crippen molar-refractivity contribution in [2.24, 2.45) is 0 Å². The third-order valence-corrected chi connectivity index (χ3v) is 5.00. The summed E-state index contributed by atoms with van der Waals surface area (Å²) in [4.78, 5) is 20.8. The predicted molar refractivity (Wildman–Crippen MR) is 101 cm³/mol. The van der Waals surface area contributed by atoms with Crippen LogP contribution in [0.2, 0.25) is 0 Å². The van der Waals surface area contributed by atoms with Crippen molar-refractivity contribution in [1.29, 1.82) is 0 Å². The summed E-state index contributed by atoms with van der Waals surface area (Å²) in [5.41, 5.74) is -4.13. The van der Waals surface area contributed by atoms with E-state index in [1.165, 1.54) is 18.5 Å². The Balaban J connectivity index is 2.13. The Morgan fingerprint density at radius 2 is 1.78 bits per heavy atom. The lowest BCUT2D eigenvalue weighted by atomic mass is 10.0. The minimum absolute atomic E-state index is 0.0869. The van der Waals surface area contributed by atoms with Gasteiger partial charge < -0.3 is 4.74 Å². The van der Waals surface area contributed by atoms with Gasteiger partial charge >= 0.3 is 18.4 Å². The molecule has 0 N–H and O–H groups in total. The molecule has 1 amide bonds. The van der Waals surface area contributed by atoms with Crippen LogP contribution in [0.4, 0.5) is 41.3 Å². The Morgan fingerprint density at radius 3 is 2.31 bits per heavy atom. The third kappa shape index (κ3) is 4.82. The van der Waals surface area contributed by atoms with Gasteiger partial charge in [-0.05, 0) is 31.2 Å². The van der Waals surface area contributed by atoms with Gasteiger partial charge in [-0.25, -0.2) is 19.2 Å². The number of ether oxygens (including phenoxy) is 1. The van der Waals surface area contributed by atoms with Gasteiger partial charge in [-0.1, -0.05) is 0 Å². The first-order chi connectivity index (χ1) is 14.8. The Kier molecular flexibility index (Phi) is 6.13. The van der Waals surface area contributed by atoms with Crippen LogP contribution in [0, 0.1) is 12.7 Å². The minimum atomic E-state index is -5.29. The second-order valence-electron chi connectivity index (χ2n) is 6.40. The van der Waals surface area contributed by atoms with Crippen molar-refractivity contribution in [3.05, 3.63) is 58.5 Å². The maximum Gasteiger partial charge on any atom is 0.420 e. The number of carbonyl (C=O) groups is 1. The molecule has 1 aromatic carbocycles. The zero-order valence-corrected chi connectivity index (χ0v) is 17.0. The van der Waals surface area contributed by atoms with Crippen molar-refractivity contribution in [2.75, 3.05) is 11.9 Å². The molecule has 2 aromatic heterocycles. The maximum atomic E-state index is 13.7. The molecule has 0 fully saturated rings. The Morgan fingerprint density at radius 1 is 1.09 bits per heavy atom. The predicted octanol–water partition coefficient (Wildman–Crippen LogP) is 6.33. The van der Waals surface area contributed by atoms with E-state index in [0.717, 1.165) is 30.5 Å². The molecule has 0 saturated heterocycles. The minimum Gasteiger partial charge on any atom is -0.409 e. The van der Waals surface area contributed by atoms with Crippen LogP contribution in [0.25, 0.3) is 10.6 Å². The molecule has 0 saturated carbocycles. The van der Waals surface area contributed by atoms with Crippen LogP contribution in [0.3, 0.4) is 0 Å². The molecule has 3 aromatic rings. The van der Waals surface area contributed by atoms with Crippen LogP contribution in [-0.4, -0.2) is 23.1 Å². The summed E-state index contributed by atoms with van der Waals surface area (Å²) >= 11 is 0.760. The topological polar surface area (TPSA) is 55.3 Å². The van der Waals surface area contributed by atoms with E-state index in [0.29, 0.717) is 11.0 Å². The van der Waals surface area contributed by atoms with Crippen LogP contribution >= 0.6 is 11.3 Å². The Bertz CT molecular complexity index is 1150. The number of anilines is 1. The Hall–Kier alpha value is -3.22. The second-order valence-corrected chi connectivity index (χ2v) is 7.29. The average Bonchev–Trinajstić information content (AvgIpc) is 3.22. The van der Waals surface area contributed by atoms with Crippen molar-refractivity contribution in [2.45, 2.75) is 19.3 Å². The number of alkyl halides is 6. The van der Waals surface area contributed by atoms with Gasteiger partial charge in [0.2, 0.25) is 0 Å². The number of benzene rings is 1. The highest BCUT2D eigenvalue weighted by molar-refractivity contribution is 7.13. The molecule has 2 heterocycles. The lowest BCUT2D eigenvalue weighted by molar-refractivity contribution is -0.143. The molecule has 0 aliphatic carbocycles. The molecule has 0 bridgehead atoms. The molecule has 0 spiro atoms. The van der Waals surface area contributed by atoms with Crippen LogP contribution < -0.4 is 9.64 Å². The first-order valence-electron chi connectivity index (χ1n) is 8.60. The number of nitrogens with zero attached hydrogens (tertiary/aromatic N) is 3. The number of carbonyl (C=O) groups excluding carboxylic acids is 1. The molecule has 5 nitrogen and oxygen atoms in total. The molecule has 0 aliphatic rings. The molecular formula is C19H12F7N3O2S. The lowest BCUT2D eigenvalue weighted by Crippen LogP contribution is -2.31. The number of hydrogen-bond donors (Lipinski definition) is 0. The normalized spacial score (nSPS) is 12.0. The quantitative estimate of drug-likeness (QED) is 0.413. The molecule has 3 rings (SSSR count). The summed E-state index contributed by atoms with van der Waals surface area (Å²) in [6.07, 6.45) is -10.6. The summed E-state index contributed by atoms with van der Waals surface area (Å²) in [6.45, 7) is 1.30. The van der Waals surface area contributed by atoms with Gasteiger partial charge in [-0.3, -0.25) is 4.90 Å². The number of amides is 1. The Labute approximate surface area is 180 Å². The van der Waals surface area contributed by atoms with Crippen molar-refractivity contribution in [3.63, 3.8) is 0 Å². The summed E-state index contributed by atoms with van der Waals surface area (Å²) in [7, 11) is 1.10. The number of rotatable bonds is 3. The number of hydrogen-bond acceptors (Lipinski definition) is 5. The number of aryl methyl sites for hydroxylation is 1. The first kappa shape index (κ1) is 23.4. The highest BCUT2D eigenvalue weighted by Crippen LogP contribution is 2.46. The van der Waals surface area contributed by atoms with Crippen molar-refractivity contribution < 1.29 is 40.3 Å². The van der Waals surface area contributed by atoms with Crippen molar-refractivity contribution in [1.82, 2.24) is 9.97 Å². The van der Waals surface area contributed by atoms with E-state index in [-0.39, 0.29) is 22.6 Å². The average molecular weight is 479 g/mol. The van der Waals surface area contributed by atoms with E-state index in [9.17, 15) is 35.5 Å². The third-order valence-electron chi connectivity index (χ3n) is 4.20. The van der Waals surface area contributed by atoms with Gasteiger partial charge in [0, 0.05) is 18.6 Å². The fraction of sp³-hybridized carbons (Fsp3) is 0.211. The summed E-state index contributed by atoms with van der Waals surface area (Å²) in [5, 5.41) is 1.12. The van der Waals surface area contributed by atoms with Crippen LogP contribution in [-0.2, 0) is 12.4 Å². The van der Waals surface area contributed by atoms with E-state index in [1.54, 1.807) is 0 Å². The van der Waals surface area contributed by atoms with E-state index in [2.05, 4.69) is 9.97 Å². The highest BCUT2D eigenvalue weighted by Gasteiger charge is 2.41. The largest absolute Gasteiger partial charge is 0.420 e. The smallest absolute Gasteiger partial charge is 0.409 e. The molecule has 32 heavy (non-hydrogen) atoms. The van der Waals surface area contributed by atoms with Gasteiger partial charge in [-0.15, -0.1) is 11.3 Å². The second kappa shape index (κ2) is 8.37. The fourth-order valence-corrected chi connectivity index (χ4v) is 3.25. The zero-order chi connectivity index (χ0) is 23.8. The van der Waals surface area contributed by atoms with Crippen molar-refractivity contribution >= 4 is 23.2 Å². The van der Waals surface area contributed by atoms with Crippen LogP contribution in [0.5, 0.6) is 5.75 Å². The molecule has 13 heteroatoms. The number of thiazole rings is 1. The van der Waals surface area contributed by atoms with E-state index >= 15 is 0 Å². The fourth-order valence-electron chi connectivity index (χ4n) is 2.60. The number of pyridine rings is 1. The molecule has 0 unspecified atom stereocenters. The van der Waals surface area contributed by atoms with Gasteiger partial charge in [0.1, 0.15) is 16.6 Å².